The lowest BCUT2D eigenvalue weighted by atomic mass is 9.91. The van der Waals surface area contributed by atoms with Crippen LogP contribution in [0.1, 0.15) is 64.7 Å². The molecule has 0 radical (unpaired) electrons. The Morgan fingerprint density at radius 2 is 1.75 bits per heavy atom. The predicted octanol–water partition coefficient (Wildman–Crippen LogP) is 3.38. The molecule has 0 aromatic carbocycles. The van der Waals surface area contributed by atoms with Crippen LogP contribution in [0, 0.1) is 17.2 Å². The highest BCUT2D eigenvalue weighted by atomic mass is 15.0. The number of hydrogen-bond acceptors (Lipinski definition) is 2. The Morgan fingerprint density at radius 1 is 1.06 bits per heavy atom. The van der Waals surface area contributed by atoms with Crippen molar-refractivity contribution in [1.29, 1.82) is 5.26 Å². The van der Waals surface area contributed by atoms with Crippen LogP contribution in [0.4, 0.5) is 0 Å². The second-order valence-electron chi connectivity index (χ2n) is 5.89. The quantitative estimate of drug-likeness (QED) is 0.724. The van der Waals surface area contributed by atoms with Crippen molar-refractivity contribution in [3.05, 3.63) is 0 Å². The number of nitriles is 1. The van der Waals surface area contributed by atoms with Gasteiger partial charge in [-0.25, -0.2) is 0 Å². The summed E-state index contributed by atoms with van der Waals surface area (Å²) < 4.78 is 0. The predicted molar refractivity (Wildman–Crippen MR) is 66.0 cm³/mol. The summed E-state index contributed by atoms with van der Waals surface area (Å²) in [6.45, 7) is 2.35. The Bertz CT molecular complexity index is 260. The van der Waals surface area contributed by atoms with Gasteiger partial charge in [-0.2, -0.15) is 5.26 Å². The van der Waals surface area contributed by atoms with E-state index in [4.69, 9.17) is 0 Å². The Hall–Kier alpha value is -0.550. The van der Waals surface area contributed by atoms with Gasteiger partial charge < -0.3 is 5.32 Å². The van der Waals surface area contributed by atoms with Gasteiger partial charge in [0.2, 0.25) is 0 Å². The smallest absolute Gasteiger partial charge is 0.0672 e. The molecule has 90 valence electrons. The van der Waals surface area contributed by atoms with E-state index in [9.17, 15) is 5.26 Å². The fraction of sp³-hybridized carbons (Fsp3) is 0.929. The van der Waals surface area contributed by atoms with Gasteiger partial charge in [0, 0.05) is 11.6 Å². The van der Waals surface area contributed by atoms with Crippen LogP contribution < -0.4 is 5.32 Å². The average Bonchev–Trinajstić information content (AvgIpc) is 2.57. The molecular weight excluding hydrogens is 196 g/mol. The molecule has 0 heterocycles. The normalized spacial score (nSPS) is 34.2. The maximum Gasteiger partial charge on any atom is 0.0672 e. The molecular formula is C14H24N2. The Kier molecular flexibility index (Phi) is 3.86. The lowest BCUT2D eigenvalue weighted by molar-refractivity contribution is 0.270. The molecule has 0 aliphatic heterocycles. The Labute approximate surface area is 99.4 Å². The van der Waals surface area contributed by atoms with Crippen LogP contribution in [0.2, 0.25) is 0 Å². The van der Waals surface area contributed by atoms with Crippen molar-refractivity contribution in [3.63, 3.8) is 0 Å². The van der Waals surface area contributed by atoms with E-state index in [1.165, 1.54) is 51.4 Å². The second-order valence-corrected chi connectivity index (χ2v) is 5.89. The van der Waals surface area contributed by atoms with E-state index in [2.05, 4.69) is 18.3 Å². The molecule has 2 unspecified atom stereocenters. The van der Waals surface area contributed by atoms with E-state index < -0.39 is 0 Å². The molecule has 2 saturated carbocycles. The summed E-state index contributed by atoms with van der Waals surface area (Å²) in [7, 11) is 0. The van der Waals surface area contributed by atoms with Crippen molar-refractivity contribution in [3.8, 4) is 6.07 Å². The van der Waals surface area contributed by atoms with Crippen LogP contribution in [0.5, 0.6) is 0 Å². The van der Waals surface area contributed by atoms with Crippen molar-refractivity contribution < 1.29 is 0 Å². The van der Waals surface area contributed by atoms with Crippen molar-refractivity contribution in [2.75, 3.05) is 0 Å². The van der Waals surface area contributed by atoms with E-state index in [0.29, 0.717) is 11.6 Å². The summed E-state index contributed by atoms with van der Waals surface area (Å²) >= 11 is 0. The van der Waals surface area contributed by atoms with Crippen molar-refractivity contribution >= 4 is 0 Å². The summed E-state index contributed by atoms with van der Waals surface area (Å²) in [4.78, 5) is 0. The first-order valence-electron chi connectivity index (χ1n) is 6.91. The van der Waals surface area contributed by atoms with Crippen LogP contribution in [-0.2, 0) is 0 Å². The molecule has 0 amide bonds. The third-order valence-corrected chi connectivity index (χ3v) is 4.42. The van der Waals surface area contributed by atoms with E-state index in [1.807, 2.05) is 0 Å². The maximum absolute atomic E-state index is 9.25. The molecule has 2 fully saturated rings. The average molecular weight is 220 g/mol. The van der Waals surface area contributed by atoms with Crippen LogP contribution in [0.3, 0.4) is 0 Å². The Morgan fingerprint density at radius 3 is 2.44 bits per heavy atom. The summed E-state index contributed by atoms with van der Waals surface area (Å²) in [6, 6.07) is 2.98. The number of rotatable bonds is 2. The maximum atomic E-state index is 9.25. The van der Waals surface area contributed by atoms with E-state index in [1.54, 1.807) is 0 Å². The molecule has 2 aliphatic rings. The van der Waals surface area contributed by atoms with Crippen LogP contribution >= 0.6 is 0 Å². The summed E-state index contributed by atoms with van der Waals surface area (Å²) in [5, 5.41) is 13.1. The molecule has 0 aromatic rings. The largest absolute Gasteiger partial charge is 0.307 e. The first kappa shape index (κ1) is 11.9. The molecule has 0 bridgehead atoms. The van der Waals surface area contributed by atoms with E-state index >= 15 is 0 Å². The van der Waals surface area contributed by atoms with Gasteiger partial charge in [0.25, 0.3) is 0 Å². The van der Waals surface area contributed by atoms with Crippen molar-refractivity contribution in [2.24, 2.45) is 5.92 Å². The Balaban J connectivity index is 1.97. The highest BCUT2D eigenvalue weighted by Gasteiger charge is 2.33. The number of hydrogen-bond donors (Lipinski definition) is 1. The zero-order valence-electron chi connectivity index (χ0n) is 10.5. The fourth-order valence-corrected chi connectivity index (χ4v) is 3.38. The fourth-order valence-electron chi connectivity index (χ4n) is 3.38. The minimum Gasteiger partial charge on any atom is -0.307 e. The molecule has 2 nitrogen and oxygen atoms in total. The third kappa shape index (κ3) is 2.77. The highest BCUT2D eigenvalue weighted by molar-refractivity contribution is 4.99. The van der Waals surface area contributed by atoms with Crippen LogP contribution in [0.25, 0.3) is 0 Å². The monoisotopic (exact) mass is 220 g/mol. The standard InChI is InChI=1S/C14H24N2/c1-14(9-5-6-10-14)16-13-8-4-2-3-7-12(13)11-15/h12-13,16H,2-10H2,1H3. The lowest BCUT2D eigenvalue weighted by Crippen LogP contribution is -2.48. The number of nitrogens with one attached hydrogen (secondary N) is 1. The van der Waals surface area contributed by atoms with Gasteiger partial charge in [-0.1, -0.05) is 32.1 Å². The molecule has 2 aliphatic carbocycles. The SMILES string of the molecule is CC1(NC2CCCCCC2C#N)CCCC1. The first-order chi connectivity index (χ1) is 7.73. The van der Waals surface area contributed by atoms with Gasteiger partial charge in [0.1, 0.15) is 0 Å². The van der Waals surface area contributed by atoms with E-state index in [0.717, 1.165) is 6.42 Å². The lowest BCUT2D eigenvalue weighted by Gasteiger charge is -2.33. The molecule has 2 atom stereocenters. The summed E-state index contributed by atoms with van der Waals surface area (Å²) in [5.41, 5.74) is 0.324. The van der Waals surface area contributed by atoms with E-state index in [-0.39, 0.29) is 5.92 Å². The van der Waals surface area contributed by atoms with Gasteiger partial charge in [0.15, 0.2) is 0 Å². The zero-order chi connectivity index (χ0) is 11.4. The third-order valence-electron chi connectivity index (χ3n) is 4.42. The molecule has 0 spiro atoms. The second kappa shape index (κ2) is 5.19. The molecule has 2 heteroatoms. The minimum atomic E-state index is 0.250. The van der Waals surface area contributed by atoms with Gasteiger partial charge >= 0.3 is 0 Å². The van der Waals surface area contributed by atoms with Crippen LogP contribution in [0.15, 0.2) is 0 Å². The summed E-state index contributed by atoms with van der Waals surface area (Å²) in [6.07, 6.45) is 11.5. The van der Waals surface area contributed by atoms with Gasteiger partial charge in [-0.15, -0.1) is 0 Å². The van der Waals surface area contributed by atoms with Gasteiger partial charge in [-0.05, 0) is 32.6 Å². The minimum absolute atomic E-state index is 0.250. The van der Waals surface area contributed by atoms with Crippen molar-refractivity contribution in [2.45, 2.75) is 76.3 Å². The zero-order valence-corrected chi connectivity index (χ0v) is 10.5. The van der Waals surface area contributed by atoms with Crippen molar-refractivity contribution in [1.82, 2.24) is 5.32 Å². The number of nitrogens with zero attached hydrogens (tertiary/aromatic N) is 1. The highest BCUT2D eigenvalue weighted by Crippen LogP contribution is 2.32. The topological polar surface area (TPSA) is 35.8 Å². The van der Waals surface area contributed by atoms with Gasteiger partial charge in [-0.3, -0.25) is 0 Å². The van der Waals surface area contributed by atoms with Crippen LogP contribution in [-0.4, -0.2) is 11.6 Å². The molecule has 2 rings (SSSR count). The molecule has 16 heavy (non-hydrogen) atoms. The summed E-state index contributed by atoms with van der Waals surface area (Å²) in [5.74, 6) is 0.250. The molecule has 1 N–H and O–H groups in total. The molecule has 0 aromatic heterocycles. The molecule has 0 saturated heterocycles. The first-order valence-corrected chi connectivity index (χ1v) is 6.91. The van der Waals surface area contributed by atoms with Gasteiger partial charge in [0.05, 0.1) is 12.0 Å².